The minimum Gasteiger partial charge on any atom is -0.480 e. The number of carboxylic acid groups (broad SMARTS) is 1. The van der Waals surface area contributed by atoms with Gasteiger partial charge in [-0.25, -0.2) is 13.1 Å². The van der Waals surface area contributed by atoms with Crippen molar-refractivity contribution in [1.82, 2.24) is 4.72 Å². The molecule has 1 rings (SSSR count). The van der Waals surface area contributed by atoms with E-state index in [0.29, 0.717) is 12.8 Å². The minimum absolute atomic E-state index is 0.0723. The fraction of sp³-hybridized carbons (Fsp3) is 0.923. The van der Waals surface area contributed by atoms with E-state index < -0.39 is 22.0 Å². The van der Waals surface area contributed by atoms with E-state index >= 15 is 0 Å². The van der Waals surface area contributed by atoms with E-state index in [4.69, 9.17) is 5.11 Å². The highest BCUT2D eigenvalue weighted by Crippen LogP contribution is 2.24. The summed E-state index contributed by atoms with van der Waals surface area (Å²) in [7, 11) is -3.49. The Labute approximate surface area is 115 Å². The van der Waals surface area contributed by atoms with Crippen molar-refractivity contribution < 1.29 is 18.3 Å². The van der Waals surface area contributed by atoms with Crippen LogP contribution in [0.25, 0.3) is 0 Å². The van der Waals surface area contributed by atoms with E-state index in [2.05, 4.69) is 4.72 Å². The zero-order valence-corrected chi connectivity index (χ0v) is 12.4. The van der Waals surface area contributed by atoms with Crippen LogP contribution in [0.3, 0.4) is 0 Å². The maximum atomic E-state index is 12.0. The number of aliphatic carboxylic acids is 1. The lowest BCUT2D eigenvalue weighted by Crippen LogP contribution is -2.43. The molecule has 112 valence electrons. The molecule has 0 aliphatic heterocycles. The van der Waals surface area contributed by atoms with Gasteiger partial charge >= 0.3 is 5.97 Å². The van der Waals surface area contributed by atoms with Gasteiger partial charge in [-0.05, 0) is 25.2 Å². The molecule has 6 heteroatoms. The van der Waals surface area contributed by atoms with Crippen LogP contribution in [0.1, 0.15) is 58.3 Å². The Balaban J connectivity index is 2.52. The van der Waals surface area contributed by atoms with Crippen molar-refractivity contribution in [3.8, 4) is 0 Å². The third-order valence-corrected chi connectivity index (χ3v) is 5.20. The van der Waals surface area contributed by atoms with Crippen LogP contribution in [0, 0.1) is 5.92 Å². The van der Waals surface area contributed by atoms with Crippen LogP contribution in [0.4, 0.5) is 0 Å². The fourth-order valence-corrected chi connectivity index (χ4v) is 4.27. The van der Waals surface area contributed by atoms with E-state index in [1.165, 1.54) is 6.42 Å². The first-order valence-electron chi connectivity index (χ1n) is 7.17. The van der Waals surface area contributed by atoms with Gasteiger partial charge in [0.2, 0.25) is 10.0 Å². The van der Waals surface area contributed by atoms with Gasteiger partial charge in [-0.15, -0.1) is 0 Å². The lowest BCUT2D eigenvalue weighted by molar-refractivity contribution is -0.139. The molecule has 0 spiro atoms. The van der Waals surface area contributed by atoms with Crippen LogP contribution in [-0.2, 0) is 14.8 Å². The van der Waals surface area contributed by atoms with Gasteiger partial charge in [0.15, 0.2) is 0 Å². The Morgan fingerprint density at radius 1 is 1.32 bits per heavy atom. The average molecular weight is 291 g/mol. The number of carboxylic acids is 1. The first-order valence-corrected chi connectivity index (χ1v) is 8.82. The van der Waals surface area contributed by atoms with E-state index in [1.807, 2.05) is 6.92 Å². The summed E-state index contributed by atoms with van der Waals surface area (Å²) in [4.78, 5) is 11.0. The second-order valence-corrected chi connectivity index (χ2v) is 7.23. The Kier molecular flexibility index (Phi) is 6.79. The molecule has 2 N–H and O–H groups in total. The van der Waals surface area contributed by atoms with Crippen LogP contribution in [0.15, 0.2) is 0 Å². The molecule has 0 aromatic heterocycles. The van der Waals surface area contributed by atoms with E-state index in [0.717, 1.165) is 32.1 Å². The SMILES string of the molecule is CCCCC(NS(=O)(=O)CC1CCCCC1)C(=O)O. The van der Waals surface area contributed by atoms with Crippen molar-refractivity contribution in [3.63, 3.8) is 0 Å². The second kappa shape index (κ2) is 7.85. The summed E-state index contributed by atoms with van der Waals surface area (Å²) >= 11 is 0. The molecule has 0 radical (unpaired) electrons. The van der Waals surface area contributed by atoms with Crippen molar-refractivity contribution >= 4 is 16.0 Å². The number of sulfonamides is 1. The molecular weight excluding hydrogens is 266 g/mol. The number of hydrogen-bond donors (Lipinski definition) is 2. The van der Waals surface area contributed by atoms with Crippen LogP contribution in [0.5, 0.6) is 0 Å². The first-order chi connectivity index (χ1) is 8.94. The molecule has 1 saturated carbocycles. The molecule has 1 atom stereocenters. The quantitative estimate of drug-likeness (QED) is 0.717. The number of hydrogen-bond acceptors (Lipinski definition) is 3. The van der Waals surface area contributed by atoms with Gasteiger partial charge < -0.3 is 5.11 Å². The molecule has 0 amide bonds. The van der Waals surface area contributed by atoms with Gasteiger partial charge in [-0.1, -0.05) is 39.0 Å². The van der Waals surface area contributed by atoms with Gasteiger partial charge in [0.25, 0.3) is 0 Å². The lowest BCUT2D eigenvalue weighted by atomic mass is 9.91. The number of carbonyl (C=O) groups is 1. The van der Waals surface area contributed by atoms with Crippen LogP contribution >= 0.6 is 0 Å². The zero-order valence-electron chi connectivity index (χ0n) is 11.6. The van der Waals surface area contributed by atoms with E-state index in [-0.39, 0.29) is 11.7 Å². The van der Waals surface area contributed by atoms with Crippen molar-refractivity contribution in [2.24, 2.45) is 5.92 Å². The molecule has 1 unspecified atom stereocenters. The first kappa shape index (κ1) is 16.4. The Hall–Kier alpha value is -0.620. The normalized spacial score (nSPS) is 19.2. The molecule has 19 heavy (non-hydrogen) atoms. The highest BCUT2D eigenvalue weighted by atomic mass is 32.2. The van der Waals surface area contributed by atoms with E-state index in [1.54, 1.807) is 0 Å². The third kappa shape index (κ3) is 6.38. The summed E-state index contributed by atoms with van der Waals surface area (Å²) < 4.78 is 26.4. The fourth-order valence-electron chi connectivity index (χ4n) is 2.57. The number of rotatable bonds is 8. The molecule has 1 fully saturated rings. The molecule has 0 bridgehead atoms. The third-order valence-electron chi connectivity index (χ3n) is 3.65. The lowest BCUT2D eigenvalue weighted by Gasteiger charge is -2.22. The molecular formula is C13H25NO4S. The minimum atomic E-state index is -3.49. The zero-order chi connectivity index (χ0) is 14.3. The maximum Gasteiger partial charge on any atom is 0.321 e. The van der Waals surface area contributed by atoms with Gasteiger partial charge in [0, 0.05) is 0 Å². The van der Waals surface area contributed by atoms with Crippen LogP contribution in [-0.4, -0.2) is 31.3 Å². The highest BCUT2D eigenvalue weighted by molar-refractivity contribution is 7.89. The topological polar surface area (TPSA) is 83.5 Å². The Morgan fingerprint density at radius 3 is 2.47 bits per heavy atom. The summed E-state index contributed by atoms with van der Waals surface area (Å²) in [6.07, 6.45) is 7.14. The summed E-state index contributed by atoms with van der Waals surface area (Å²) in [5.74, 6) is -0.823. The molecule has 5 nitrogen and oxygen atoms in total. The predicted octanol–water partition coefficient (Wildman–Crippen LogP) is 2.13. The molecule has 1 aliphatic rings. The summed E-state index contributed by atoms with van der Waals surface area (Å²) in [6, 6.07) is -0.978. The number of unbranched alkanes of at least 4 members (excludes halogenated alkanes) is 1. The van der Waals surface area contributed by atoms with Crippen molar-refractivity contribution in [3.05, 3.63) is 0 Å². The van der Waals surface area contributed by atoms with Gasteiger partial charge in [-0.2, -0.15) is 0 Å². The summed E-state index contributed by atoms with van der Waals surface area (Å²) in [5, 5.41) is 9.04. The Morgan fingerprint density at radius 2 is 1.95 bits per heavy atom. The smallest absolute Gasteiger partial charge is 0.321 e. The maximum absolute atomic E-state index is 12.0. The molecule has 0 aromatic rings. The van der Waals surface area contributed by atoms with Crippen molar-refractivity contribution in [1.29, 1.82) is 0 Å². The molecule has 0 heterocycles. The van der Waals surface area contributed by atoms with E-state index in [9.17, 15) is 13.2 Å². The largest absolute Gasteiger partial charge is 0.480 e. The van der Waals surface area contributed by atoms with Gasteiger partial charge in [0.05, 0.1) is 5.75 Å². The Bertz CT molecular complexity index is 374. The average Bonchev–Trinajstić information content (AvgIpc) is 2.34. The van der Waals surface area contributed by atoms with Crippen LogP contribution < -0.4 is 4.72 Å². The highest BCUT2D eigenvalue weighted by Gasteiger charge is 2.26. The monoisotopic (exact) mass is 291 g/mol. The molecule has 0 aromatic carbocycles. The molecule has 1 aliphatic carbocycles. The molecule has 0 saturated heterocycles. The number of nitrogens with one attached hydrogen (secondary N) is 1. The van der Waals surface area contributed by atoms with Gasteiger partial charge in [-0.3, -0.25) is 4.79 Å². The standard InChI is InChI=1S/C13H25NO4S/c1-2-3-9-12(13(15)16)14-19(17,18)10-11-7-5-4-6-8-11/h11-12,14H,2-10H2,1H3,(H,15,16). The summed E-state index contributed by atoms with van der Waals surface area (Å²) in [6.45, 7) is 1.95. The predicted molar refractivity (Wildman–Crippen MR) is 74.4 cm³/mol. The van der Waals surface area contributed by atoms with Crippen molar-refractivity contribution in [2.75, 3.05) is 5.75 Å². The summed E-state index contributed by atoms with van der Waals surface area (Å²) in [5.41, 5.74) is 0. The van der Waals surface area contributed by atoms with Gasteiger partial charge in [0.1, 0.15) is 6.04 Å². The second-order valence-electron chi connectivity index (χ2n) is 5.44. The van der Waals surface area contributed by atoms with Crippen LogP contribution in [0.2, 0.25) is 0 Å². The van der Waals surface area contributed by atoms with Crippen molar-refractivity contribution in [2.45, 2.75) is 64.3 Å².